The Morgan fingerprint density at radius 3 is 2.58 bits per heavy atom. The zero-order chi connectivity index (χ0) is 14.4. The first kappa shape index (κ1) is 15.8. The average Bonchev–Trinajstić information content (AvgIpc) is 2.79. The summed E-state index contributed by atoms with van der Waals surface area (Å²) in [5, 5.41) is 21.0. The van der Waals surface area contributed by atoms with Crippen molar-refractivity contribution in [3.8, 4) is 0 Å². The summed E-state index contributed by atoms with van der Waals surface area (Å²) in [7, 11) is 0. The molecule has 7 N–H and O–H groups in total. The molecule has 0 aliphatic carbocycles. The minimum Gasteiger partial charge on any atom is -0.480 e. The monoisotopic (exact) mass is 275 g/mol. The van der Waals surface area contributed by atoms with Crippen LogP contribution in [0.15, 0.2) is 0 Å². The molecule has 0 radical (unpaired) electrons. The van der Waals surface area contributed by atoms with E-state index in [-0.39, 0.29) is 19.4 Å². The van der Waals surface area contributed by atoms with Gasteiger partial charge < -0.3 is 31.7 Å². The SMILES string of the molecule is NCC(CC[C@H](N)C(=O)O)OC(=O)[C@H]1NCCC1O. The van der Waals surface area contributed by atoms with Crippen LogP contribution in [0.5, 0.6) is 0 Å². The maximum atomic E-state index is 11.8. The van der Waals surface area contributed by atoms with Crippen LogP contribution in [-0.4, -0.2) is 59.5 Å². The topological polar surface area (TPSA) is 148 Å². The van der Waals surface area contributed by atoms with Crippen LogP contribution in [0.3, 0.4) is 0 Å². The highest BCUT2D eigenvalue weighted by Gasteiger charge is 2.33. The molecule has 1 rings (SSSR count). The predicted molar refractivity (Wildman–Crippen MR) is 66.2 cm³/mol. The van der Waals surface area contributed by atoms with Gasteiger partial charge in [-0.1, -0.05) is 0 Å². The zero-order valence-corrected chi connectivity index (χ0v) is 10.6. The molecule has 0 aromatic heterocycles. The number of esters is 1. The number of carbonyl (C=O) groups is 2. The molecule has 19 heavy (non-hydrogen) atoms. The van der Waals surface area contributed by atoms with Gasteiger partial charge in [0.05, 0.1) is 6.10 Å². The zero-order valence-electron chi connectivity index (χ0n) is 10.6. The molecule has 0 spiro atoms. The van der Waals surface area contributed by atoms with E-state index in [0.717, 1.165) is 0 Å². The van der Waals surface area contributed by atoms with E-state index in [1.807, 2.05) is 0 Å². The summed E-state index contributed by atoms with van der Waals surface area (Å²) in [6.45, 7) is 0.638. The first-order chi connectivity index (χ1) is 8.95. The van der Waals surface area contributed by atoms with Gasteiger partial charge in [-0.3, -0.25) is 9.59 Å². The van der Waals surface area contributed by atoms with E-state index in [9.17, 15) is 14.7 Å². The van der Waals surface area contributed by atoms with E-state index < -0.39 is 36.2 Å². The first-order valence-corrected chi connectivity index (χ1v) is 6.26. The quantitative estimate of drug-likeness (QED) is 0.328. The van der Waals surface area contributed by atoms with Crippen molar-refractivity contribution >= 4 is 11.9 Å². The summed E-state index contributed by atoms with van der Waals surface area (Å²) < 4.78 is 5.15. The molecule has 4 atom stereocenters. The Balaban J connectivity index is 2.39. The van der Waals surface area contributed by atoms with Gasteiger partial charge in [-0.25, -0.2) is 0 Å². The number of carboxylic acid groups (broad SMARTS) is 1. The van der Waals surface area contributed by atoms with Gasteiger partial charge in [0.25, 0.3) is 0 Å². The Kier molecular flexibility index (Phi) is 6.16. The lowest BCUT2D eigenvalue weighted by Gasteiger charge is -2.20. The van der Waals surface area contributed by atoms with Gasteiger partial charge in [0.1, 0.15) is 18.2 Å². The largest absolute Gasteiger partial charge is 0.480 e. The van der Waals surface area contributed by atoms with Crippen molar-refractivity contribution in [1.82, 2.24) is 5.32 Å². The van der Waals surface area contributed by atoms with Gasteiger partial charge >= 0.3 is 11.9 Å². The number of nitrogens with two attached hydrogens (primary N) is 2. The Bertz CT molecular complexity index is 325. The lowest BCUT2D eigenvalue weighted by atomic mass is 10.1. The molecule has 1 aliphatic heterocycles. The average molecular weight is 275 g/mol. The van der Waals surface area contributed by atoms with Crippen LogP contribution in [0, 0.1) is 0 Å². The molecule has 2 unspecified atom stereocenters. The highest BCUT2D eigenvalue weighted by molar-refractivity contribution is 5.77. The number of aliphatic carboxylic acids is 1. The number of ether oxygens (including phenoxy) is 1. The number of aliphatic hydroxyl groups excluding tert-OH is 1. The van der Waals surface area contributed by atoms with E-state index >= 15 is 0 Å². The van der Waals surface area contributed by atoms with Gasteiger partial charge in [0.15, 0.2) is 0 Å². The molecule has 0 saturated carbocycles. The van der Waals surface area contributed by atoms with Crippen molar-refractivity contribution in [3.05, 3.63) is 0 Å². The summed E-state index contributed by atoms with van der Waals surface area (Å²) in [6, 6.07) is -1.73. The van der Waals surface area contributed by atoms with Crippen LogP contribution >= 0.6 is 0 Å². The number of hydrogen-bond donors (Lipinski definition) is 5. The van der Waals surface area contributed by atoms with Crippen molar-refractivity contribution in [2.45, 2.75) is 43.6 Å². The normalized spacial score (nSPS) is 25.8. The Labute approximate surface area is 111 Å². The second kappa shape index (κ2) is 7.39. The molecule has 1 aliphatic rings. The number of hydrogen-bond acceptors (Lipinski definition) is 7. The lowest BCUT2D eigenvalue weighted by Crippen LogP contribution is -2.43. The van der Waals surface area contributed by atoms with E-state index in [0.29, 0.717) is 13.0 Å². The molecular weight excluding hydrogens is 254 g/mol. The van der Waals surface area contributed by atoms with Crippen LogP contribution in [0.1, 0.15) is 19.3 Å². The van der Waals surface area contributed by atoms with Gasteiger partial charge in [-0.2, -0.15) is 0 Å². The fourth-order valence-corrected chi connectivity index (χ4v) is 1.88. The third-order valence-electron chi connectivity index (χ3n) is 3.11. The van der Waals surface area contributed by atoms with Crippen molar-refractivity contribution in [1.29, 1.82) is 0 Å². The smallest absolute Gasteiger partial charge is 0.326 e. The fraction of sp³-hybridized carbons (Fsp3) is 0.818. The summed E-state index contributed by atoms with van der Waals surface area (Å²) in [6.07, 6.45) is -0.402. The molecule has 0 aromatic rings. The van der Waals surface area contributed by atoms with Gasteiger partial charge in [0.2, 0.25) is 0 Å². The molecular formula is C11H21N3O5. The number of rotatable bonds is 7. The predicted octanol–water partition coefficient (Wildman–Crippen LogP) is -2.23. The Hall–Kier alpha value is -1.22. The van der Waals surface area contributed by atoms with Crippen molar-refractivity contribution < 1.29 is 24.5 Å². The second-order valence-electron chi connectivity index (χ2n) is 4.60. The molecule has 0 amide bonds. The van der Waals surface area contributed by atoms with E-state index in [4.69, 9.17) is 21.3 Å². The number of nitrogens with one attached hydrogen (secondary N) is 1. The van der Waals surface area contributed by atoms with E-state index in [1.165, 1.54) is 0 Å². The molecule has 8 nitrogen and oxygen atoms in total. The van der Waals surface area contributed by atoms with Gasteiger partial charge in [-0.05, 0) is 25.8 Å². The van der Waals surface area contributed by atoms with Crippen molar-refractivity contribution in [2.75, 3.05) is 13.1 Å². The van der Waals surface area contributed by atoms with Crippen LogP contribution in [0.25, 0.3) is 0 Å². The minimum atomic E-state index is -1.10. The van der Waals surface area contributed by atoms with Crippen LogP contribution in [0.2, 0.25) is 0 Å². The molecule has 8 heteroatoms. The maximum absolute atomic E-state index is 11.8. The fourth-order valence-electron chi connectivity index (χ4n) is 1.88. The molecule has 1 heterocycles. The van der Waals surface area contributed by atoms with Crippen molar-refractivity contribution in [2.24, 2.45) is 11.5 Å². The maximum Gasteiger partial charge on any atom is 0.326 e. The third kappa shape index (κ3) is 4.75. The van der Waals surface area contributed by atoms with Gasteiger partial charge in [0, 0.05) is 6.54 Å². The Morgan fingerprint density at radius 1 is 1.42 bits per heavy atom. The molecule has 1 saturated heterocycles. The molecule has 1 fully saturated rings. The summed E-state index contributed by atoms with van der Waals surface area (Å²) in [5.41, 5.74) is 10.8. The number of carboxylic acids is 1. The molecule has 0 bridgehead atoms. The summed E-state index contributed by atoms with van der Waals surface area (Å²) >= 11 is 0. The van der Waals surface area contributed by atoms with E-state index in [2.05, 4.69) is 5.32 Å². The molecule has 0 aromatic carbocycles. The van der Waals surface area contributed by atoms with E-state index in [1.54, 1.807) is 0 Å². The summed E-state index contributed by atoms with van der Waals surface area (Å²) in [5.74, 6) is -1.67. The summed E-state index contributed by atoms with van der Waals surface area (Å²) in [4.78, 5) is 22.3. The standard InChI is InChI=1S/C11H21N3O5/c12-5-6(1-2-7(13)10(16)17)19-11(18)9-8(15)3-4-14-9/h6-9,14-15H,1-5,12-13H2,(H,16,17)/t6?,7-,8?,9-/m0/s1. The first-order valence-electron chi connectivity index (χ1n) is 6.26. The minimum absolute atomic E-state index is 0.0842. The highest BCUT2D eigenvalue weighted by Crippen LogP contribution is 2.11. The number of carbonyl (C=O) groups excluding carboxylic acids is 1. The second-order valence-corrected chi connectivity index (χ2v) is 4.60. The number of aliphatic hydroxyl groups is 1. The van der Waals surface area contributed by atoms with Crippen molar-refractivity contribution in [3.63, 3.8) is 0 Å². The van der Waals surface area contributed by atoms with Gasteiger partial charge in [-0.15, -0.1) is 0 Å². The highest BCUT2D eigenvalue weighted by atomic mass is 16.5. The van der Waals surface area contributed by atoms with Crippen LogP contribution < -0.4 is 16.8 Å². The third-order valence-corrected chi connectivity index (χ3v) is 3.11. The molecule has 110 valence electrons. The van der Waals surface area contributed by atoms with Crippen LogP contribution in [0.4, 0.5) is 0 Å². The van der Waals surface area contributed by atoms with Crippen LogP contribution in [-0.2, 0) is 14.3 Å². The lowest BCUT2D eigenvalue weighted by molar-refractivity contribution is -0.153. The Morgan fingerprint density at radius 2 is 2.11 bits per heavy atom.